The number of nitrogens with two attached hydrogens (primary N) is 1. The lowest BCUT2D eigenvalue weighted by atomic mass is 10.0. The van der Waals surface area contributed by atoms with E-state index in [4.69, 9.17) is 5.73 Å². The highest BCUT2D eigenvalue weighted by atomic mass is 15.3. The molecule has 106 valence electrons. The predicted molar refractivity (Wildman–Crippen MR) is 87.1 cm³/mol. The van der Waals surface area contributed by atoms with Crippen molar-refractivity contribution < 1.29 is 0 Å². The maximum absolute atomic E-state index is 6.00. The molecule has 0 saturated carbocycles. The molecular weight excluding hydrogens is 258 g/mol. The van der Waals surface area contributed by atoms with E-state index in [0.29, 0.717) is 5.82 Å². The molecule has 2 aromatic carbocycles. The van der Waals surface area contributed by atoms with E-state index >= 15 is 0 Å². The SMILES string of the molecule is Cc1cc(N)n(C(C)c2ccc(-c3ccccc3)cc2)n1. The topological polar surface area (TPSA) is 43.8 Å². The van der Waals surface area contributed by atoms with Crippen LogP contribution < -0.4 is 5.73 Å². The van der Waals surface area contributed by atoms with Crippen LogP contribution in [0.3, 0.4) is 0 Å². The van der Waals surface area contributed by atoms with Gasteiger partial charge in [-0.25, -0.2) is 4.68 Å². The van der Waals surface area contributed by atoms with Crippen molar-refractivity contribution in [2.75, 3.05) is 5.73 Å². The summed E-state index contributed by atoms with van der Waals surface area (Å²) in [4.78, 5) is 0. The van der Waals surface area contributed by atoms with Crippen LogP contribution in [0.15, 0.2) is 60.7 Å². The van der Waals surface area contributed by atoms with Crippen molar-refractivity contribution in [3.63, 3.8) is 0 Å². The molecule has 0 aliphatic carbocycles. The molecule has 0 bridgehead atoms. The van der Waals surface area contributed by atoms with Gasteiger partial charge in [0.15, 0.2) is 0 Å². The van der Waals surface area contributed by atoms with Gasteiger partial charge in [-0.05, 0) is 30.5 Å². The van der Waals surface area contributed by atoms with Crippen LogP contribution in [0.25, 0.3) is 11.1 Å². The molecule has 0 radical (unpaired) electrons. The Kier molecular flexibility index (Phi) is 3.48. The second-order valence-corrected chi connectivity index (χ2v) is 5.32. The van der Waals surface area contributed by atoms with E-state index in [2.05, 4.69) is 60.6 Å². The molecular formula is C18H19N3. The van der Waals surface area contributed by atoms with E-state index < -0.39 is 0 Å². The smallest absolute Gasteiger partial charge is 0.122 e. The molecule has 3 aromatic rings. The number of nitrogen functional groups attached to an aromatic ring is 1. The first-order valence-corrected chi connectivity index (χ1v) is 7.12. The van der Waals surface area contributed by atoms with Crippen molar-refractivity contribution in [1.29, 1.82) is 0 Å². The van der Waals surface area contributed by atoms with Crippen LogP contribution in [0.1, 0.15) is 24.2 Å². The number of anilines is 1. The third-order valence-electron chi connectivity index (χ3n) is 3.75. The Morgan fingerprint density at radius 2 is 1.57 bits per heavy atom. The molecule has 0 spiro atoms. The van der Waals surface area contributed by atoms with E-state index in [1.54, 1.807) is 0 Å². The lowest BCUT2D eigenvalue weighted by molar-refractivity contribution is 0.569. The van der Waals surface area contributed by atoms with Gasteiger partial charge < -0.3 is 5.73 Å². The van der Waals surface area contributed by atoms with Crippen LogP contribution in [0, 0.1) is 6.92 Å². The predicted octanol–water partition coefficient (Wildman–Crippen LogP) is 4.05. The molecule has 3 nitrogen and oxygen atoms in total. The summed E-state index contributed by atoms with van der Waals surface area (Å²) < 4.78 is 1.87. The minimum absolute atomic E-state index is 0.128. The average Bonchev–Trinajstić information content (AvgIpc) is 2.86. The fourth-order valence-electron chi connectivity index (χ4n) is 2.57. The van der Waals surface area contributed by atoms with Gasteiger partial charge in [0.05, 0.1) is 11.7 Å². The summed E-state index contributed by atoms with van der Waals surface area (Å²) >= 11 is 0. The van der Waals surface area contributed by atoms with E-state index in [1.165, 1.54) is 16.7 Å². The second kappa shape index (κ2) is 5.44. The zero-order valence-electron chi connectivity index (χ0n) is 12.3. The highest BCUT2D eigenvalue weighted by Crippen LogP contribution is 2.25. The van der Waals surface area contributed by atoms with Gasteiger partial charge in [0, 0.05) is 6.07 Å². The maximum atomic E-state index is 6.00. The van der Waals surface area contributed by atoms with Crippen LogP contribution in [-0.2, 0) is 0 Å². The minimum atomic E-state index is 0.128. The summed E-state index contributed by atoms with van der Waals surface area (Å²) in [7, 11) is 0. The quantitative estimate of drug-likeness (QED) is 0.785. The van der Waals surface area contributed by atoms with Crippen molar-refractivity contribution in [3.05, 3.63) is 71.9 Å². The van der Waals surface area contributed by atoms with Gasteiger partial charge in [-0.15, -0.1) is 0 Å². The molecule has 0 amide bonds. The Balaban J connectivity index is 1.89. The maximum Gasteiger partial charge on any atom is 0.122 e. The molecule has 21 heavy (non-hydrogen) atoms. The first-order valence-electron chi connectivity index (χ1n) is 7.12. The normalized spacial score (nSPS) is 12.3. The second-order valence-electron chi connectivity index (χ2n) is 5.32. The van der Waals surface area contributed by atoms with Gasteiger partial charge in [0.1, 0.15) is 5.82 Å². The Morgan fingerprint density at radius 3 is 2.14 bits per heavy atom. The standard InChI is InChI=1S/C18H19N3/c1-13-12-18(19)21(20-13)14(2)15-8-10-17(11-9-15)16-6-4-3-5-7-16/h3-12,14H,19H2,1-2H3. The van der Waals surface area contributed by atoms with Gasteiger partial charge in [-0.3, -0.25) is 0 Å². The van der Waals surface area contributed by atoms with Crippen molar-refractivity contribution in [1.82, 2.24) is 9.78 Å². The Morgan fingerprint density at radius 1 is 0.952 bits per heavy atom. The average molecular weight is 277 g/mol. The number of nitrogens with zero attached hydrogens (tertiary/aromatic N) is 2. The fraction of sp³-hybridized carbons (Fsp3) is 0.167. The van der Waals surface area contributed by atoms with Gasteiger partial charge >= 0.3 is 0 Å². The molecule has 3 rings (SSSR count). The van der Waals surface area contributed by atoms with Gasteiger partial charge in [-0.1, -0.05) is 54.6 Å². The number of rotatable bonds is 3. The van der Waals surface area contributed by atoms with Crippen molar-refractivity contribution >= 4 is 5.82 Å². The largest absolute Gasteiger partial charge is 0.384 e. The summed E-state index contributed by atoms with van der Waals surface area (Å²) in [5.41, 5.74) is 10.6. The highest BCUT2D eigenvalue weighted by Gasteiger charge is 2.12. The number of aromatic nitrogens is 2. The Hall–Kier alpha value is -2.55. The lowest BCUT2D eigenvalue weighted by Gasteiger charge is -2.15. The molecule has 0 aliphatic heterocycles. The molecule has 1 heterocycles. The van der Waals surface area contributed by atoms with Crippen molar-refractivity contribution in [3.8, 4) is 11.1 Å². The third kappa shape index (κ3) is 2.68. The van der Waals surface area contributed by atoms with Crippen LogP contribution >= 0.6 is 0 Å². The first-order chi connectivity index (χ1) is 10.1. The summed E-state index contributed by atoms with van der Waals surface area (Å²) in [6, 6.07) is 21.0. The van der Waals surface area contributed by atoms with Gasteiger partial charge in [0.2, 0.25) is 0 Å². The summed E-state index contributed by atoms with van der Waals surface area (Å²) in [5, 5.41) is 4.46. The number of hydrogen-bond acceptors (Lipinski definition) is 2. The minimum Gasteiger partial charge on any atom is -0.384 e. The molecule has 1 aromatic heterocycles. The van der Waals surface area contributed by atoms with Crippen LogP contribution in [0.2, 0.25) is 0 Å². The summed E-state index contributed by atoms with van der Waals surface area (Å²) in [6.45, 7) is 4.07. The van der Waals surface area contributed by atoms with E-state index in [1.807, 2.05) is 23.7 Å². The van der Waals surface area contributed by atoms with Crippen LogP contribution in [0.5, 0.6) is 0 Å². The van der Waals surface area contributed by atoms with Gasteiger partial charge in [-0.2, -0.15) is 5.10 Å². The number of benzene rings is 2. The lowest BCUT2D eigenvalue weighted by Crippen LogP contribution is -2.11. The zero-order valence-corrected chi connectivity index (χ0v) is 12.3. The van der Waals surface area contributed by atoms with E-state index in [-0.39, 0.29) is 6.04 Å². The summed E-state index contributed by atoms with van der Waals surface area (Å²) in [5.74, 6) is 0.701. The molecule has 0 fully saturated rings. The van der Waals surface area contributed by atoms with E-state index in [0.717, 1.165) is 5.69 Å². The van der Waals surface area contributed by atoms with Crippen molar-refractivity contribution in [2.45, 2.75) is 19.9 Å². The third-order valence-corrected chi connectivity index (χ3v) is 3.75. The molecule has 2 N–H and O–H groups in total. The zero-order chi connectivity index (χ0) is 14.8. The van der Waals surface area contributed by atoms with Crippen LogP contribution in [0.4, 0.5) is 5.82 Å². The molecule has 1 unspecified atom stereocenters. The van der Waals surface area contributed by atoms with E-state index in [9.17, 15) is 0 Å². The first kappa shape index (κ1) is 13.4. The molecule has 3 heteroatoms. The molecule has 1 atom stereocenters. The monoisotopic (exact) mass is 277 g/mol. The van der Waals surface area contributed by atoms with Crippen molar-refractivity contribution in [2.24, 2.45) is 0 Å². The number of aryl methyl sites for hydroxylation is 1. The Labute approximate surface area is 125 Å². The van der Waals surface area contributed by atoms with Crippen LogP contribution in [-0.4, -0.2) is 9.78 Å². The Bertz CT molecular complexity index is 727. The highest BCUT2D eigenvalue weighted by molar-refractivity contribution is 5.63. The fourth-order valence-corrected chi connectivity index (χ4v) is 2.57. The number of hydrogen-bond donors (Lipinski definition) is 1. The molecule has 0 aliphatic rings. The molecule has 0 saturated heterocycles. The summed E-state index contributed by atoms with van der Waals surface area (Å²) in [6.07, 6.45) is 0. The van der Waals surface area contributed by atoms with Gasteiger partial charge in [0.25, 0.3) is 0 Å².